The van der Waals surface area contributed by atoms with Crippen LogP contribution in [0.3, 0.4) is 0 Å². The van der Waals surface area contributed by atoms with Crippen LogP contribution >= 0.6 is 0 Å². The van der Waals surface area contributed by atoms with Crippen molar-refractivity contribution in [3.05, 3.63) is 59.9 Å². The van der Waals surface area contributed by atoms with Crippen LogP contribution in [-0.2, 0) is 4.74 Å². The largest absolute Gasteiger partial charge is 0.384 e. The van der Waals surface area contributed by atoms with Gasteiger partial charge >= 0.3 is 0 Å². The number of hydrogen-bond donors (Lipinski definition) is 2. The molecule has 4 nitrogen and oxygen atoms in total. The van der Waals surface area contributed by atoms with Gasteiger partial charge in [-0.15, -0.1) is 0 Å². The maximum atomic E-state index is 11.3. The second-order valence-electron chi connectivity index (χ2n) is 9.19. The Morgan fingerprint density at radius 3 is 2.63 bits per heavy atom. The highest BCUT2D eigenvalue weighted by Crippen LogP contribution is 2.53. The first-order chi connectivity index (χ1) is 14.3. The van der Waals surface area contributed by atoms with E-state index in [0.29, 0.717) is 18.3 Å². The normalized spacial score (nSPS) is 36.2. The molecule has 4 rings (SSSR count). The highest BCUT2D eigenvalue weighted by molar-refractivity contribution is 5.67. The molecule has 2 fully saturated rings. The predicted molar refractivity (Wildman–Crippen MR) is 119 cm³/mol. The molecule has 0 bridgehead atoms. The molecular formula is C26H33NO3. The Hall–Kier alpha value is -2.01. The Labute approximate surface area is 179 Å². The zero-order chi connectivity index (χ0) is 21.5. The van der Waals surface area contributed by atoms with Gasteiger partial charge in [0.25, 0.3) is 0 Å². The van der Waals surface area contributed by atoms with E-state index in [1.165, 1.54) is 11.1 Å². The number of allylic oxidation sites excluding steroid dienone is 1. The summed E-state index contributed by atoms with van der Waals surface area (Å²) in [6, 6.07) is 12.5. The van der Waals surface area contributed by atoms with E-state index >= 15 is 0 Å². The monoisotopic (exact) mass is 407 g/mol. The number of aromatic nitrogens is 1. The number of rotatable bonds is 4. The second kappa shape index (κ2) is 8.26. The Balaban J connectivity index is 1.60. The SMILES string of the molecule is CC[C@H]1[C@H](/C=C/c2ccc(-c3ccccc3C)cn2)[C@@H]2[C@@H](C)OC(O)[C@]2(O)C[C@@H]1C. The van der Waals surface area contributed by atoms with Crippen molar-refractivity contribution >= 4 is 6.08 Å². The fraction of sp³-hybridized carbons (Fsp3) is 0.500. The molecule has 1 unspecified atom stereocenters. The van der Waals surface area contributed by atoms with Gasteiger partial charge in [0.15, 0.2) is 6.29 Å². The number of aliphatic hydroxyl groups excluding tert-OH is 1. The first-order valence-corrected chi connectivity index (χ1v) is 11.1. The molecular weight excluding hydrogens is 374 g/mol. The standard InChI is InChI=1S/C26H33NO3/c1-5-21-17(3)14-26(29)24(18(4)30-25(26)28)23(21)13-12-20-11-10-19(15-27-20)22-9-7-6-8-16(22)2/h6-13,15,17-18,21,23-25,28-29H,5,14H2,1-4H3/b13-12+/t17-,18+,21+,23-,24-,25?,26-/m0/s1. The Morgan fingerprint density at radius 1 is 1.20 bits per heavy atom. The zero-order valence-electron chi connectivity index (χ0n) is 18.3. The van der Waals surface area contributed by atoms with Crippen molar-refractivity contribution < 1.29 is 14.9 Å². The van der Waals surface area contributed by atoms with Gasteiger partial charge in [-0.25, -0.2) is 0 Å². The minimum absolute atomic E-state index is 0.115. The molecule has 2 aliphatic rings. The van der Waals surface area contributed by atoms with E-state index in [9.17, 15) is 10.2 Å². The van der Waals surface area contributed by atoms with Crippen LogP contribution in [-0.4, -0.2) is 33.2 Å². The van der Waals surface area contributed by atoms with Crippen LogP contribution in [0.5, 0.6) is 0 Å². The van der Waals surface area contributed by atoms with Gasteiger partial charge < -0.3 is 14.9 Å². The number of aryl methyl sites for hydroxylation is 1. The van der Waals surface area contributed by atoms with E-state index in [4.69, 9.17) is 4.74 Å². The second-order valence-corrected chi connectivity index (χ2v) is 9.19. The number of benzene rings is 1. The molecule has 1 aromatic heterocycles. The van der Waals surface area contributed by atoms with Crippen molar-refractivity contribution in [3.63, 3.8) is 0 Å². The van der Waals surface area contributed by atoms with Crippen LogP contribution in [0.25, 0.3) is 17.2 Å². The van der Waals surface area contributed by atoms with E-state index in [0.717, 1.165) is 17.7 Å². The van der Waals surface area contributed by atoms with Crippen molar-refractivity contribution in [1.29, 1.82) is 0 Å². The number of aliphatic hydroxyl groups is 2. The molecule has 30 heavy (non-hydrogen) atoms. The lowest BCUT2D eigenvalue weighted by Crippen LogP contribution is -2.54. The summed E-state index contributed by atoms with van der Waals surface area (Å²) in [5.41, 5.74) is 3.26. The minimum Gasteiger partial charge on any atom is -0.384 e. The average molecular weight is 408 g/mol. The molecule has 1 aliphatic carbocycles. The van der Waals surface area contributed by atoms with Crippen LogP contribution in [0.2, 0.25) is 0 Å². The average Bonchev–Trinajstić information content (AvgIpc) is 2.94. The van der Waals surface area contributed by atoms with Crippen LogP contribution < -0.4 is 0 Å². The lowest BCUT2D eigenvalue weighted by Gasteiger charge is -2.48. The van der Waals surface area contributed by atoms with Crippen molar-refractivity contribution in [2.24, 2.45) is 23.7 Å². The maximum absolute atomic E-state index is 11.3. The summed E-state index contributed by atoms with van der Waals surface area (Å²) in [6.07, 6.45) is 6.49. The fourth-order valence-corrected chi connectivity index (χ4v) is 5.88. The third-order valence-corrected chi connectivity index (χ3v) is 7.35. The van der Waals surface area contributed by atoms with E-state index < -0.39 is 11.9 Å². The number of ether oxygens (including phenoxy) is 1. The predicted octanol–water partition coefficient (Wildman–Crippen LogP) is 4.84. The topological polar surface area (TPSA) is 62.6 Å². The van der Waals surface area contributed by atoms with E-state index in [-0.39, 0.29) is 17.9 Å². The van der Waals surface area contributed by atoms with Gasteiger partial charge in [-0.2, -0.15) is 0 Å². The maximum Gasteiger partial charge on any atom is 0.184 e. The summed E-state index contributed by atoms with van der Waals surface area (Å²) in [7, 11) is 0. The molecule has 2 heterocycles. The summed E-state index contributed by atoms with van der Waals surface area (Å²) in [5, 5.41) is 21.7. The summed E-state index contributed by atoms with van der Waals surface area (Å²) < 4.78 is 5.67. The van der Waals surface area contributed by atoms with Gasteiger partial charge in [-0.1, -0.05) is 56.7 Å². The summed E-state index contributed by atoms with van der Waals surface area (Å²) in [6.45, 7) is 8.45. The fourth-order valence-electron chi connectivity index (χ4n) is 5.88. The zero-order valence-corrected chi connectivity index (χ0v) is 18.3. The Morgan fingerprint density at radius 2 is 1.97 bits per heavy atom. The van der Waals surface area contributed by atoms with Gasteiger partial charge in [-0.3, -0.25) is 4.98 Å². The summed E-state index contributed by atoms with van der Waals surface area (Å²) >= 11 is 0. The van der Waals surface area contributed by atoms with Gasteiger partial charge in [0, 0.05) is 17.7 Å². The number of fused-ring (bicyclic) bond motifs is 1. The summed E-state index contributed by atoms with van der Waals surface area (Å²) in [4.78, 5) is 4.66. The van der Waals surface area contributed by atoms with Gasteiger partial charge in [0.1, 0.15) is 5.60 Å². The highest BCUT2D eigenvalue weighted by Gasteiger charge is 2.60. The molecule has 1 aromatic carbocycles. The molecule has 1 aliphatic heterocycles. The quantitative estimate of drug-likeness (QED) is 0.761. The molecule has 7 atom stereocenters. The van der Waals surface area contributed by atoms with Crippen LogP contribution in [0, 0.1) is 30.6 Å². The molecule has 1 saturated heterocycles. The van der Waals surface area contributed by atoms with Crippen LogP contribution in [0.15, 0.2) is 48.7 Å². The van der Waals surface area contributed by atoms with Gasteiger partial charge in [0.2, 0.25) is 0 Å². The molecule has 4 heteroatoms. The van der Waals surface area contributed by atoms with Crippen molar-refractivity contribution in [2.45, 2.75) is 58.5 Å². The van der Waals surface area contributed by atoms with E-state index in [1.54, 1.807) is 0 Å². The molecule has 2 N–H and O–H groups in total. The van der Waals surface area contributed by atoms with Crippen LogP contribution in [0.1, 0.15) is 44.9 Å². The first-order valence-electron chi connectivity index (χ1n) is 11.1. The molecule has 1 saturated carbocycles. The number of pyridine rings is 1. The third kappa shape index (κ3) is 3.62. The third-order valence-electron chi connectivity index (χ3n) is 7.35. The Bertz CT molecular complexity index is 909. The molecule has 2 aromatic rings. The summed E-state index contributed by atoms with van der Waals surface area (Å²) in [5.74, 6) is 0.768. The minimum atomic E-state index is -1.18. The van der Waals surface area contributed by atoms with Crippen molar-refractivity contribution in [1.82, 2.24) is 4.98 Å². The molecule has 0 radical (unpaired) electrons. The van der Waals surface area contributed by atoms with Crippen molar-refractivity contribution in [2.75, 3.05) is 0 Å². The molecule has 160 valence electrons. The number of nitrogens with zero attached hydrogens (tertiary/aromatic N) is 1. The van der Waals surface area contributed by atoms with Gasteiger partial charge in [-0.05, 0) is 61.3 Å². The molecule has 0 amide bonds. The highest BCUT2D eigenvalue weighted by atomic mass is 16.6. The first kappa shape index (κ1) is 21.2. The van der Waals surface area contributed by atoms with E-state index in [2.05, 4.69) is 56.1 Å². The van der Waals surface area contributed by atoms with E-state index in [1.807, 2.05) is 31.3 Å². The molecule has 0 spiro atoms. The van der Waals surface area contributed by atoms with Crippen molar-refractivity contribution in [3.8, 4) is 11.1 Å². The lowest BCUT2D eigenvalue weighted by atomic mass is 9.58. The smallest absolute Gasteiger partial charge is 0.184 e. The van der Waals surface area contributed by atoms with Crippen LogP contribution in [0.4, 0.5) is 0 Å². The lowest BCUT2D eigenvalue weighted by molar-refractivity contribution is -0.189. The van der Waals surface area contributed by atoms with Gasteiger partial charge in [0.05, 0.1) is 11.8 Å². The number of hydrogen-bond acceptors (Lipinski definition) is 4. The Kier molecular flexibility index (Phi) is 5.84.